The second-order valence-electron chi connectivity index (χ2n) is 5.92. The van der Waals surface area contributed by atoms with Gasteiger partial charge in [-0.2, -0.15) is 0 Å². The summed E-state index contributed by atoms with van der Waals surface area (Å²) in [6.45, 7) is 3.80. The van der Waals surface area contributed by atoms with Gasteiger partial charge in [-0.15, -0.1) is 0 Å². The summed E-state index contributed by atoms with van der Waals surface area (Å²) in [4.78, 5) is 17.4. The van der Waals surface area contributed by atoms with Crippen LogP contribution in [0.2, 0.25) is 0 Å². The minimum Gasteiger partial charge on any atom is -0.352 e. The number of nitro groups is 1. The van der Waals surface area contributed by atoms with E-state index in [0.717, 1.165) is 29.7 Å². The summed E-state index contributed by atoms with van der Waals surface area (Å²) < 4.78 is 0. The lowest BCUT2D eigenvalue weighted by atomic mass is 9.91. The van der Waals surface area contributed by atoms with Crippen LogP contribution < -0.4 is 10.6 Å². The molecule has 6 nitrogen and oxygen atoms in total. The fraction of sp³-hybridized carbons (Fsp3) is 0.438. The van der Waals surface area contributed by atoms with Crippen molar-refractivity contribution in [2.75, 3.05) is 18.0 Å². The topological polar surface area (TPSA) is 85.3 Å². The average Bonchev–Trinajstić information content (AvgIpc) is 2.53. The Morgan fingerprint density at radius 3 is 2.95 bits per heavy atom. The van der Waals surface area contributed by atoms with E-state index in [-0.39, 0.29) is 10.6 Å². The van der Waals surface area contributed by atoms with E-state index in [0.29, 0.717) is 18.5 Å². The number of hydrogen-bond donors (Lipinski definition) is 1. The number of nitrogens with two attached hydrogens (primary N) is 1. The van der Waals surface area contributed by atoms with Gasteiger partial charge in [0.1, 0.15) is 5.82 Å². The van der Waals surface area contributed by atoms with Crippen molar-refractivity contribution in [3.8, 4) is 0 Å². The number of pyridine rings is 1. The minimum atomic E-state index is -0.385. The average molecular weight is 300 g/mol. The van der Waals surface area contributed by atoms with Crippen LogP contribution in [0, 0.1) is 16.0 Å². The third kappa shape index (κ3) is 2.62. The Morgan fingerprint density at radius 2 is 2.23 bits per heavy atom. The fourth-order valence-corrected chi connectivity index (χ4v) is 3.27. The molecule has 1 aliphatic rings. The van der Waals surface area contributed by atoms with E-state index in [4.69, 9.17) is 5.73 Å². The summed E-state index contributed by atoms with van der Waals surface area (Å²) in [5, 5.41) is 11.6. The second kappa shape index (κ2) is 5.88. The number of non-ortho nitro benzene ring substituents is 1. The lowest BCUT2D eigenvalue weighted by molar-refractivity contribution is -0.384. The summed E-state index contributed by atoms with van der Waals surface area (Å²) >= 11 is 0. The highest BCUT2D eigenvalue weighted by molar-refractivity contribution is 5.82. The largest absolute Gasteiger partial charge is 0.352 e. The van der Waals surface area contributed by atoms with Gasteiger partial charge in [-0.05, 0) is 37.0 Å². The number of benzene rings is 1. The first-order valence-electron chi connectivity index (χ1n) is 7.62. The quantitative estimate of drug-likeness (QED) is 0.696. The number of fused-ring (bicyclic) bond motifs is 1. The Labute approximate surface area is 129 Å². The van der Waals surface area contributed by atoms with Gasteiger partial charge in [0.2, 0.25) is 0 Å². The maximum Gasteiger partial charge on any atom is 0.270 e. The molecule has 1 aromatic heterocycles. The molecule has 0 saturated carbocycles. The number of anilines is 1. The number of hydrogen-bond acceptors (Lipinski definition) is 5. The van der Waals surface area contributed by atoms with Gasteiger partial charge in [0.25, 0.3) is 5.69 Å². The summed E-state index contributed by atoms with van der Waals surface area (Å²) in [6.07, 6.45) is 2.33. The van der Waals surface area contributed by atoms with E-state index in [2.05, 4.69) is 16.8 Å². The van der Waals surface area contributed by atoms with Gasteiger partial charge in [0.15, 0.2) is 0 Å². The molecule has 2 atom stereocenters. The minimum absolute atomic E-state index is 0.0912. The number of aromatic nitrogens is 1. The predicted molar refractivity (Wildman–Crippen MR) is 87.0 cm³/mol. The summed E-state index contributed by atoms with van der Waals surface area (Å²) in [6, 6.07) is 8.91. The zero-order valence-corrected chi connectivity index (χ0v) is 12.6. The molecule has 116 valence electrons. The summed E-state index contributed by atoms with van der Waals surface area (Å²) in [5.74, 6) is 1.46. The van der Waals surface area contributed by atoms with Crippen molar-refractivity contribution in [1.29, 1.82) is 0 Å². The van der Waals surface area contributed by atoms with Gasteiger partial charge in [0, 0.05) is 36.7 Å². The van der Waals surface area contributed by atoms with Crippen LogP contribution >= 0.6 is 0 Å². The van der Waals surface area contributed by atoms with Crippen molar-refractivity contribution in [3.63, 3.8) is 0 Å². The van der Waals surface area contributed by atoms with Crippen LogP contribution in [0.15, 0.2) is 30.3 Å². The van der Waals surface area contributed by atoms with Gasteiger partial charge < -0.3 is 10.6 Å². The van der Waals surface area contributed by atoms with E-state index >= 15 is 0 Å². The third-order valence-electron chi connectivity index (χ3n) is 4.52. The van der Waals surface area contributed by atoms with Crippen LogP contribution in [0.3, 0.4) is 0 Å². The molecule has 2 heterocycles. The highest BCUT2D eigenvalue weighted by Gasteiger charge is 2.28. The van der Waals surface area contributed by atoms with E-state index < -0.39 is 0 Å². The summed E-state index contributed by atoms with van der Waals surface area (Å²) in [5.41, 5.74) is 6.81. The van der Waals surface area contributed by atoms with Gasteiger partial charge in [-0.1, -0.05) is 6.92 Å². The van der Waals surface area contributed by atoms with Crippen LogP contribution in [0.5, 0.6) is 0 Å². The van der Waals surface area contributed by atoms with Gasteiger partial charge >= 0.3 is 0 Å². The molecule has 0 bridgehead atoms. The lowest BCUT2D eigenvalue weighted by Gasteiger charge is -2.40. The smallest absolute Gasteiger partial charge is 0.270 e. The molecule has 2 N–H and O–H groups in total. The van der Waals surface area contributed by atoms with Crippen LogP contribution in [-0.4, -0.2) is 29.0 Å². The molecule has 6 heteroatoms. The van der Waals surface area contributed by atoms with E-state index in [1.54, 1.807) is 12.1 Å². The highest BCUT2D eigenvalue weighted by atomic mass is 16.6. The van der Waals surface area contributed by atoms with E-state index in [1.165, 1.54) is 12.5 Å². The molecule has 0 radical (unpaired) electrons. The molecule has 1 aromatic carbocycles. The predicted octanol–water partition coefficient (Wildman–Crippen LogP) is 2.71. The number of piperidine rings is 1. The standard InChI is InChI=1S/C16H20N4O2/c1-11-3-2-8-19(15(11)10-17)16-7-4-12-9-13(20(21)22)5-6-14(12)18-16/h4-7,9,11,15H,2-3,8,10,17H2,1H3. The molecule has 2 unspecified atom stereocenters. The van der Waals surface area contributed by atoms with Crippen LogP contribution in [0.25, 0.3) is 10.9 Å². The van der Waals surface area contributed by atoms with E-state index in [1.807, 2.05) is 12.1 Å². The second-order valence-corrected chi connectivity index (χ2v) is 5.92. The van der Waals surface area contributed by atoms with Crippen molar-refractivity contribution in [1.82, 2.24) is 4.98 Å². The Bertz CT molecular complexity index is 704. The highest BCUT2D eigenvalue weighted by Crippen LogP contribution is 2.29. The van der Waals surface area contributed by atoms with Crippen molar-refractivity contribution in [3.05, 3.63) is 40.4 Å². The van der Waals surface area contributed by atoms with Crippen molar-refractivity contribution in [2.24, 2.45) is 11.7 Å². The first-order valence-corrected chi connectivity index (χ1v) is 7.62. The van der Waals surface area contributed by atoms with Gasteiger partial charge in [-0.25, -0.2) is 4.98 Å². The Hall–Kier alpha value is -2.21. The molecule has 0 amide bonds. The molecular formula is C16H20N4O2. The Morgan fingerprint density at radius 1 is 1.41 bits per heavy atom. The molecule has 0 spiro atoms. The maximum atomic E-state index is 10.8. The number of rotatable bonds is 3. The molecular weight excluding hydrogens is 280 g/mol. The van der Waals surface area contributed by atoms with Crippen LogP contribution in [-0.2, 0) is 0 Å². The molecule has 1 aliphatic heterocycles. The molecule has 1 saturated heterocycles. The first kappa shape index (κ1) is 14.7. The fourth-order valence-electron chi connectivity index (χ4n) is 3.27. The number of nitrogens with zero attached hydrogens (tertiary/aromatic N) is 3. The zero-order valence-electron chi connectivity index (χ0n) is 12.6. The van der Waals surface area contributed by atoms with Crippen molar-refractivity contribution >= 4 is 22.4 Å². The zero-order chi connectivity index (χ0) is 15.7. The lowest BCUT2D eigenvalue weighted by Crippen LogP contribution is -2.49. The SMILES string of the molecule is CC1CCCN(c2ccc3cc([N+](=O)[O-])ccc3n2)C1CN. The normalized spacial score (nSPS) is 22.0. The molecule has 2 aromatic rings. The monoisotopic (exact) mass is 300 g/mol. The Balaban J connectivity index is 1.97. The summed E-state index contributed by atoms with van der Waals surface area (Å²) in [7, 11) is 0. The van der Waals surface area contributed by atoms with Crippen molar-refractivity contribution < 1.29 is 4.92 Å². The maximum absolute atomic E-state index is 10.8. The van der Waals surface area contributed by atoms with Gasteiger partial charge in [0.05, 0.1) is 10.4 Å². The van der Waals surface area contributed by atoms with Crippen LogP contribution in [0.4, 0.5) is 11.5 Å². The van der Waals surface area contributed by atoms with Crippen LogP contribution in [0.1, 0.15) is 19.8 Å². The molecule has 22 heavy (non-hydrogen) atoms. The number of nitro benzene ring substituents is 1. The van der Waals surface area contributed by atoms with E-state index in [9.17, 15) is 10.1 Å². The molecule has 0 aliphatic carbocycles. The van der Waals surface area contributed by atoms with Crippen molar-refractivity contribution in [2.45, 2.75) is 25.8 Å². The van der Waals surface area contributed by atoms with Gasteiger partial charge in [-0.3, -0.25) is 10.1 Å². The molecule has 3 rings (SSSR count). The molecule has 1 fully saturated rings. The Kier molecular flexibility index (Phi) is 3.94. The third-order valence-corrected chi connectivity index (χ3v) is 4.52. The first-order chi connectivity index (χ1) is 10.6.